The average molecular weight is 323 g/mol. The Labute approximate surface area is 118 Å². The van der Waals surface area contributed by atoms with Gasteiger partial charge in [-0.05, 0) is 34.5 Å². The van der Waals surface area contributed by atoms with Crippen molar-refractivity contribution in [3.05, 3.63) is 56.4 Å². The molecule has 0 bridgehead atoms. The molecule has 19 heavy (non-hydrogen) atoms. The lowest BCUT2D eigenvalue weighted by Crippen LogP contribution is -2.05. The van der Waals surface area contributed by atoms with Crippen LogP contribution in [0.15, 0.2) is 35.1 Å². The summed E-state index contributed by atoms with van der Waals surface area (Å²) in [5.41, 5.74) is 1.94. The van der Waals surface area contributed by atoms with Gasteiger partial charge in [-0.3, -0.25) is 15.1 Å². The van der Waals surface area contributed by atoms with E-state index in [9.17, 15) is 10.1 Å². The van der Waals surface area contributed by atoms with Crippen molar-refractivity contribution in [2.24, 2.45) is 0 Å². The summed E-state index contributed by atoms with van der Waals surface area (Å²) < 4.78 is 0.551. The van der Waals surface area contributed by atoms with Crippen LogP contribution in [0.1, 0.15) is 11.3 Å². The molecule has 6 nitrogen and oxygen atoms in total. The fourth-order valence-corrected chi connectivity index (χ4v) is 2.01. The predicted molar refractivity (Wildman–Crippen MR) is 74.9 cm³/mol. The maximum absolute atomic E-state index is 10.6. The van der Waals surface area contributed by atoms with Gasteiger partial charge in [-0.15, -0.1) is 0 Å². The molecule has 2 aromatic rings. The van der Waals surface area contributed by atoms with Crippen molar-refractivity contribution < 1.29 is 4.92 Å². The minimum absolute atomic E-state index is 0.0496. The molecule has 0 aliphatic carbocycles. The first-order valence-corrected chi connectivity index (χ1v) is 6.31. The van der Waals surface area contributed by atoms with Crippen LogP contribution < -0.4 is 5.32 Å². The lowest BCUT2D eigenvalue weighted by atomic mass is 10.2. The van der Waals surface area contributed by atoms with Crippen LogP contribution in [0.3, 0.4) is 0 Å². The van der Waals surface area contributed by atoms with Gasteiger partial charge in [0, 0.05) is 12.3 Å². The SMILES string of the molecule is Cc1cccnc1CNc1ncc([N+](=O)[O-])cc1Br. The lowest BCUT2D eigenvalue weighted by molar-refractivity contribution is -0.385. The van der Waals surface area contributed by atoms with Crippen LogP contribution in [0.25, 0.3) is 0 Å². The Morgan fingerprint density at radius 3 is 2.89 bits per heavy atom. The Hall–Kier alpha value is -2.02. The van der Waals surface area contributed by atoms with E-state index in [1.807, 2.05) is 19.1 Å². The predicted octanol–water partition coefficient (Wildman–Crippen LogP) is 3.07. The number of hydrogen-bond donors (Lipinski definition) is 1. The molecular weight excluding hydrogens is 312 g/mol. The molecule has 2 aromatic heterocycles. The van der Waals surface area contributed by atoms with Gasteiger partial charge in [0.2, 0.25) is 0 Å². The summed E-state index contributed by atoms with van der Waals surface area (Å²) >= 11 is 3.26. The molecule has 98 valence electrons. The number of rotatable bonds is 4. The molecule has 0 saturated carbocycles. The maximum atomic E-state index is 10.6. The number of nitrogens with one attached hydrogen (secondary N) is 1. The first-order chi connectivity index (χ1) is 9.08. The van der Waals surface area contributed by atoms with E-state index in [1.54, 1.807) is 6.20 Å². The number of aromatic nitrogens is 2. The Morgan fingerprint density at radius 1 is 1.47 bits per heavy atom. The maximum Gasteiger partial charge on any atom is 0.288 e. The zero-order valence-corrected chi connectivity index (χ0v) is 11.7. The average Bonchev–Trinajstić information content (AvgIpc) is 2.39. The highest BCUT2D eigenvalue weighted by Gasteiger charge is 2.10. The second kappa shape index (κ2) is 5.75. The Balaban J connectivity index is 2.12. The summed E-state index contributed by atoms with van der Waals surface area (Å²) in [6.07, 6.45) is 2.95. The summed E-state index contributed by atoms with van der Waals surface area (Å²) in [7, 11) is 0. The van der Waals surface area contributed by atoms with Gasteiger partial charge >= 0.3 is 0 Å². The van der Waals surface area contributed by atoms with Gasteiger partial charge in [0.15, 0.2) is 0 Å². The molecular formula is C12H11BrN4O2. The molecule has 0 aliphatic rings. The van der Waals surface area contributed by atoms with Crippen molar-refractivity contribution in [1.82, 2.24) is 9.97 Å². The van der Waals surface area contributed by atoms with Crippen LogP contribution in [0, 0.1) is 17.0 Å². The van der Waals surface area contributed by atoms with Gasteiger partial charge in [-0.2, -0.15) is 0 Å². The normalized spacial score (nSPS) is 10.2. The molecule has 2 heterocycles. The Kier molecular flexibility index (Phi) is 4.06. The highest BCUT2D eigenvalue weighted by Crippen LogP contribution is 2.24. The molecule has 2 rings (SSSR count). The summed E-state index contributed by atoms with van der Waals surface area (Å²) in [5, 5.41) is 13.7. The minimum Gasteiger partial charge on any atom is -0.363 e. The number of pyridine rings is 2. The van der Waals surface area contributed by atoms with Crippen molar-refractivity contribution in [1.29, 1.82) is 0 Å². The van der Waals surface area contributed by atoms with Crippen LogP contribution in [0.2, 0.25) is 0 Å². The van der Waals surface area contributed by atoms with E-state index in [0.29, 0.717) is 16.8 Å². The third-order valence-electron chi connectivity index (χ3n) is 2.58. The third kappa shape index (κ3) is 3.25. The molecule has 0 radical (unpaired) electrons. The summed E-state index contributed by atoms with van der Waals surface area (Å²) in [6.45, 7) is 2.48. The molecule has 0 saturated heterocycles. The zero-order chi connectivity index (χ0) is 13.8. The second-order valence-corrected chi connectivity index (χ2v) is 4.76. The fraction of sp³-hybridized carbons (Fsp3) is 0.167. The molecule has 7 heteroatoms. The molecule has 0 fully saturated rings. The van der Waals surface area contributed by atoms with Crippen LogP contribution >= 0.6 is 15.9 Å². The van der Waals surface area contributed by atoms with Crippen molar-refractivity contribution in [3.8, 4) is 0 Å². The van der Waals surface area contributed by atoms with Crippen molar-refractivity contribution >= 4 is 27.4 Å². The molecule has 0 amide bonds. The van der Waals surface area contributed by atoms with Crippen molar-refractivity contribution in [2.75, 3.05) is 5.32 Å². The first kappa shape index (κ1) is 13.4. The summed E-state index contributed by atoms with van der Waals surface area (Å²) in [6, 6.07) is 5.27. The number of aryl methyl sites for hydroxylation is 1. The topological polar surface area (TPSA) is 81.0 Å². The van der Waals surface area contributed by atoms with Crippen LogP contribution in [0.4, 0.5) is 11.5 Å². The number of halogens is 1. The van der Waals surface area contributed by atoms with E-state index in [2.05, 4.69) is 31.2 Å². The van der Waals surface area contributed by atoms with E-state index in [0.717, 1.165) is 11.3 Å². The molecule has 0 aromatic carbocycles. The zero-order valence-electron chi connectivity index (χ0n) is 10.1. The van der Waals surface area contributed by atoms with Crippen molar-refractivity contribution in [2.45, 2.75) is 13.5 Å². The highest BCUT2D eigenvalue weighted by molar-refractivity contribution is 9.10. The summed E-state index contributed by atoms with van der Waals surface area (Å²) in [5.74, 6) is 0.552. The number of nitro groups is 1. The Bertz CT molecular complexity index is 618. The molecule has 0 aliphatic heterocycles. The van der Waals surface area contributed by atoms with Crippen LogP contribution in [0.5, 0.6) is 0 Å². The molecule has 0 atom stereocenters. The monoisotopic (exact) mass is 322 g/mol. The number of hydrogen-bond acceptors (Lipinski definition) is 5. The standard InChI is InChI=1S/C12H11BrN4O2/c1-8-3-2-4-14-11(8)7-16-12-10(13)5-9(6-15-12)17(18)19/h2-6H,7H2,1H3,(H,15,16). The summed E-state index contributed by atoms with van der Waals surface area (Å²) in [4.78, 5) is 18.4. The van der Waals surface area contributed by atoms with E-state index >= 15 is 0 Å². The molecule has 1 N–H and O–H groups in total. The first-order valence-electron chi connectivity index (χ1n) is 5.52. The lowest BCUT2D eigenvalue weighted by Gasteiger charge is -2.08. The van der Waals surface area contributed by atoms with Gasteiger partial charge in [0.1, 0.15) is 12.0 Å². The third-order valence-corrected chi connectivity index (χ3v) is 3.18. The van der Waals surface area contributed by atoms with Gasteiger partial charge in [-0.25, -0.2) is 4.98 Å². The quantitative estimate of drug-likeness (QED) is 0.691. The Morgan fingerprint density at radius 2 is 2.26 bits per heavy atom. The molecule has 0 unspecified atom stereocenters. The van der Waals surface area contributed by atoms with E-state index in [1.165, 1.54) is 12.3 Å². The molecule has 0 spiro atoms. The van der Waals surface area contributed by atoms with Crippen LogP contribution in [-0.2, 0) is 6.54 Å². The van der Waals surface area contributed by atoms with E-state index in [4.69, 9.17) is 0 Å². The minimum atomic E-state index is -0.482. The fourth-order valence-electron chi connectivity index (χ4n) is 1.53. The van der Waals surface area contributed by atoms with E-state index in [-0.39, 0.29) is 5.69 Å². The number of nitrogens with zero attached hydrogens (tertiary/aromatic N) is 3. The van der Waals surface area contributed by atoms with E-state index < -0.39 is 4.92 Å². The highest BCUT2D eigenvalue weighted by atomic mass is 79.9. The second-order valence-electron chi connectivity index (χ2n) is 3.90. The van der Waals surface area contributed by atoms with Crippen LogP contribution in [-0.4, -0.2) is 14.9 Å². The largest absolute Gasteiger partial charge is 0.363 e. The van der Waals surface area contributed by atoms with Gasteiger partial charge < -0.3 is 5.32 Å². The number of anilines is 1. The van der Waals surface area contributed by atoms with Gasteiger partial charge in [-0.1, -0.05) is 6.07 Å². The smallest absolute Gasteiger partial charge is 0.288 e. The van der Waals surface area contributed by atoms with Crippen molar-refractivity contribution in [3.63, 3.8) is 0 Å². The van der Waals surface area contributed by atoms with Gasteiger partial charge in [0.05, 0.1) is 21.6 Å². The van der Waals surface area contributed by atoms with Gasteiger partial charge in [0.25, 0.3) is 5.69 Å².